The Morgan fingerprint density at radius 1 is 1.23 bits per heavy atom. The summed E-state index contributed by atoms with van der Waals surface area (Å²) in [6.45, 7) is 6.59. The van der Waals surface area contributed by atoms with Crippen LogP contribution in [0.25, 0.3) is 5.69 Å². The summed E-state index contributed by atoms with van der Waals surface area (Å²) in [6.07, 6.45) is 2.65. The molecular weight excluding hydrogens is 459 g/mol. The van der Waals surface area contributed by atoms with Crippen molar-refractivity contribution in [1.29, 1.82) is 0 Å². The minimum atomic E-state index is -0.298. The first-order chi connectivity index (χ1) is 14.9. The van der Waals surface area contributed by atoms with Gasteiger partial charge >= 0.3 is 0 Å². The van der Waals surface area contributed by atoms with E-state index >= 15 is 0 Å². The van der Waals surface area contributed by atoms with E-state index in [4.69, 9.17) is 0 Å². The molecule has 162 valence electrons. The molecule has 2 heterocycles. The maximum atomic E-state index is 13.3. The fourth-order valence-corrected chi connectivity index (χ4v) is 4.50. The Hall–Kier alpha value is -2.67. The third-order valence-corrected chi connectivity index (χ3v) is 6.17. The lowest BCUT2D eigenvalue weighted by Crippen LogP contribution is -2.31. The molecule has 0 bridgehead atoms. The number of amides is 1. The standard InChI is InChI=1S/C24H26BrFN4O/c1-16(2)23-22(14-28-30(23)20-8-6-19(26)7-9-20)24(31)27-13-17-10-11-29(15-17)21-5-3-4-18(25)12-21/h3-9,12,14,16-17H,10-11,13,15H2,1-2H3,(H,27,31). The van der Waals surface area contributed by atoms with Gasteiger partial charge in [-0.05, 0) is 60.7 Å². The monoisotopic (exact) mass is 484 g/mol. The number of halogens is 2. The zero-order chi connectivity index (χ0) is 22.0. The summed E-state index contributed by atoms with van der Waals surface area (Å²) in [7, 11) is 0. The second kappa shape index (κ2) is 9.22. The summed E-state index contributed by atoms with van der Waals surface area (Å²) in [5.41, 5.74) is 3.34. The predicted octanol–water partition coefficient (Wildman–Crippen LogP) is 5.15. The molecule has 0 aliphatic carbocycles. The van der Waals surface area contributed by atoms with Crippen molar-refractivity contribution in [3.05, 3.63) is 76.3 Å². The van der Waals surface area contributed by atoms with Gasteiger partial charge < -0.3 is 10.2 Å². The molecule has 0 spiro atoms. The van der Waals surface area contributed by atoms with Crippen LogP contribution in [0.3, 0.4) is 0 Å². The van der Waals surface area contributed by atoms with Crippen molar-refractivity contribution in [2.75, 3.05) is 24.5 Å². The first kappa shape index (κ1) is 21.6. The highest BCUT2D eigenvalue weighted by atomic mass is 79.9. The van der Waals surface area contributed by atoms with Crippen LogP contribution in [0.5, 0.6) is 0 Å². The van der Waals surface area contributed by atoms with Gasteiger partial charge in [-0.3, -0.25) is 4.79 Å². The lowest BCUT2D eigenvalue weighted by atomic mass is 10.0. The van der Waals surface area contributed by atoms with Crippen LogP contribution in [0.1, 0.15) is 42.2 Å². The molecule has 1 aliphatic heterocycles. The van der Waals surface area contributed by atoms with E-state index in [1.165, 1.54) is 17.8 Å². The number of rotatable bonds is 6. The molecule has 1 N–H and O–H groups in total. The second-order valence-electron chi connectivity index (χ2n) is 8.28. The zero-order valence-corrected chi connectivity index (χ0v) is 19.3. The van der Waals surface area contributed by atoms with Gasteiger partial charge in [0.2, 0.25) is 0 Å². The third-order valence-electron chi connectivity index (χ3n) is 5.68. The van der Waals surface area contributed by atoms with Gasteiger partial charge in [0.05, 0.1) is 23.1 Å². The third kappa shape index (κ3) is 4.82. The molecular formula is C24H26BrFN4O. The van der Waals surface area contributed by atoms with Crippen LogP contribution in [0.2, 0.25) is 0 Å². The molecule has 5 nitrogen and oxygen atoms in total. The molecule has 1 amide bonds. The van der Waals surface area contributed by atoms with Crippen LogP contribution in [-0.2, 0) is 0 Å². The number of hydrogen-bond donors (Lipinski definition) is 1. The highest BCUT2D eigenvalue weighted by molar-refractivity contribution is 9.10. The molecule has 1 aromatic heterocycles. The Morgan fingerprint density at radius 2 is 2.00 bits per heavy atom. The summed E-state index contributed by atoms with van der Waals surface area (Å²) in [5.74, 6) is 0.0794. The summed E-state index contributed by atoms with van der Waals surface area (Å²) in [6, 6.07) is 14.5. The number of aromatic nitrogens is 2. The van der Waals surface area contributed by atoms with E-state index in [-0.39, 0.29) is 17.6 Å². The van der Waals surface area contributed by atoms with E-state index in [0.717, 1.165) is 35.4 Å². The lowest BCUT2D eigenvalue weighted by Gasteiger charge is -2.19. The van der Waals surface area contributed by atoms with E-state index in [1.807, 2.05) is 26.0 Å². The van der Waals surface area contributed by atoms with Crippen LogP contribution in [0.15, 0.2) is 59.2 Å². The van der Waals surface area contributed by atoms with Gasteiger partial charge in [-0.1, -0.05) is 35.8 Å². The molecule has 0 saturated carbocycles. The number of nitrogens with one attached hydrogen (secondary N) is 1. The number of carbonyl (C=O) groups is 1. The van der Waals surface area contributed by atoms with Crippen molar-refractivity contribution >= 4 is 27.5 Å². The van der Waals surface area contributed by atoms with Crippen LogP contribution < -0.4 is 10.2 Å². The van der Waals surface area contributed by atoms with Crippen molar-refractivity contribution in [1.82, 2.24) is 15.1 Å². The van der Waals surface area contributed by atoms with E-state index in [1.54, 1.807) is 23.0 Å². The molecule has 1 fully saturated rings. The van der Waals surface area contributed by atoms with Crippen LogP contribution in [0.4, 0.5) is 10.1 Å². The summed E-state index contributed by atoms with van der Waals surface area (Å²) >= 11 is 3.53. The van der Waals surface area contributed by atoms with Crippen LogP contribution >= 0.6 is 15.9 Å². The van der Waals surface area contributed by atoms with Crippen molar-refractivity contribution < 1.29 is 9.18 Å². The average Bonchev–Trinajstić information content (AvgIpc) is 3.40. The smallest absolute Gasteiger partial charge is 0.254 e. The molecule has 1 unspecified atom stereocenters. The minimum absolute atomic E-state index is 0.0896. The molecule has 1 atom stereocenters. The van der Waals surface area contributed by atoms with Gasteiger partial charge in [-0.25, -0.2) is 9.07 Å². The van der Waals surface area contributed by atoms with Gasteiger partial charge in [0, 0.05) is 29.8 Å². The zero-order valence-electron chi connectivity index (χ0n) is 17.7. The highest BCUT2D eigenvalue weighted by Crippen LogP contribution is 2.27. The fourth-order valence-electron chi connectivity index (χ4n) is 4.12. The Kier molecular flexibility index (Phi) is 6.41. The maximum Gasteiger partial charge on any atom is 0.254 e. The molecule has 1 saturated heterocycles. The average molecular weight is 485 g/mol. The van der Waals surface area contributed by atoms with Gasteiger partial charge in [0.15, 0.2) is 0 Å². The quantitative estimate of drug-likeness (QED) is 0.525. The largest absolute Gasteiger partial charge is 0.371 e. The fraction of sp³-hybridized carbons (Fsp3) is 0.333. The van der Waals surface area contributed by atoms with Crippen LogP contribution in [-0.4, -0.2) is 35.3 Å². The van der Waals surface area contributed by atoms with E-state index < -0.39 is 0 Å². The summed E-state index contributed by atoms with van der Waals surface area (Å²) in [5, 5.41) is 7.52. The van der Waals surface area contributed by atoms with E-state index in [2.05, 4.69) is 43.4 Å². The van der Waals surface area contributed by atoms with Crippen molar-refractivity contribution in [2.45, 2.75) is 26.2 Å². The molecule has 3 aromatic rings. The minimum Gasteiger partial charge on any atom is -0.371 e. The molecule has 1 aliphatic rings. The van der Waals surface area contributed by atoms with E-state index in [0.29, 0.717) is 18.0 Å². The number of anilines is 1. The highest BCUT2D eigenvalue weighted by Gasteiger charge is 2.25. The molecule has 31 heavy (non-hydrogen) atoms. The Bertz CT molecular complexity index is 1060. The Labute approximate surface area is 190 Å². The lowest BCUT2D eigenvalue weighted by molar-refractivity contribution is 0.0947. The second-order valence-corrected chi connectivity index (χ2v) is 9.19. The van der Waals surface area contributed by atoms with E-state index in [9.17, 15) is 9.18 Å². The van der Waals surface area contributed by atoms with Gasteiger partial charge in [-0.2, -0.15) is 5.10 Å². The van der Waals surface area contributed by atoms with Gasteiger partial charge in [0.1, 0.15) is 5.82 Å². The number of hydrogen-bond acceptors (Lipinski definition) is 3. The first-order valence-electron chi connectivity index (χ1n) is 10.5. The van der Waals surface area contributed by atoms with Gasteiger partial charge in [0.25, 0.3) is 5.91 Å². The van der Waals surface area contributed by atoms with Gasteiger partial charge in [-0.15, -0.1) is 0 Å². The summed E-state index contributed by atoms with van der Waals surface area (Å²) < 4.78 is 16.1. The van der Waals surface area contributed by atoms with Crippen molar-refractivity contribution in [3.8, 4) is 5.69 Å². The van der Waals surface area contributed by atoms with Crippen molar-refractivity contribution in [3.63, 3.8) is 0 Å². The molecule has 0 radical (unpaired) electrons. The molecule has 2 aromatic carbocycles. The predicted molar refractivity (Wildman–Crippen MR) is 124 cm³/mol. The molecule has 7 heteroatoms. The van der Waals surface area contributed by atoms with Crippen molar-refractivity contribution in [2.24, 2.45) is 5.92 Å². The topological polar surface area (TPSA) is 50.2 Å². The Morgan fingerprint density at radius 3 is 2.71 bits per heavy atom. The van der Waals surface area contributed by atoms with Crippen LogP contribution in [0, 0.1) is 11.7 Å². The normalized spacial score (nSPS) is 16.2. The number of nitrogens with zero attached hydrogens (tertiary/aromatic N) is 3. The SMILES string of the molecule is CC(C)c1c(C(=O)NCC2CCN(c3cccc(Br)c3)C2)cnn1-c1ccc(F)cc1. The first-order valence-corrected chi connectivity index (χ1v) is 11.3. The Balaban J connectivity index is 1.43. The summed E-state index contributed by atoms with van der Waals surface area (Å²) in [4.78, 5) is 15.3. The molecule has 4 rings (SSSR count). The maximum absolute atomic E-state index is 13.3. The number of benzene rings is 2. The number of carbonyl (C=O) groups excluding carboxylic acids is 1.